The summed E-state index contributed by atoms with van der Waals surface area (Å²) in [6.07, 6.45) is 0. The molecular formula is C26H18ClN3O2S2. The van der Waals surface area contributed by atoms with E-state index >= 15 is 0 Å². The molecule has 2 heterocycles. The Morgan fingerprint density at radius 3 is 2.50 bits per heavy atom. The minimum Gasteiger partial charge on any atom is -0.322 e. The Kier molecular flexibility index (Phi) is 6.15. The Labute approximate surface area is 209 Å². The number of hydrogen-bond acceptors (Lipinski definition) is 5. The summed E-state index contributed by atoms with van der Waals surface area (Å²) in [5.41, 5.74) is 4.60. The van der Waals surface area contributed by atoms with Crippen LogP contribution in [0, 0.1) is 6.92 Å². The lowest BCUT2D eigenvalue weighted by Gasteiger charge is -2.10. The summed E-state index contributed by atoms with van der Waals surface area (Å²) in [5, 5.41) is 8.77. The van der Waals surface area contributed by atoms with E-state index in [1.165, 1.54) is 16.9 Å². The second-order valence-electron chi connectivity index (χ2n) is 7.65. The van der Waals surface area contributed by atoms with Crippen molar-refractivity contribution in [1.29, 1.82) is 0 Å². The molecule has 2 amide bonds. The Bertz CT molecular complexity index is 1510. The van der Waals surface area contributed by atoms with Gasteiger partial charge in [0.25, 0.3) is 11.8 Å². The number of aromatic nitrogens is 1. The Hall–Kier alpha value is -3.52. The zero-order valence-electron chi connectivity index (χ0n) is 18.0. The van der Waals surface area contributed by atoms with E-state index in [9.17, 15) is 9.59 Å². The maximum Gasteiger partial charge on any atom is 0.265 e. The number of nitrogens with zero attached hydrogens (tertiary/aromatic N) is 1. The maximum absolute atomic E-state index is 12.8. The smallest absolute Gasteiger partial charge is 0.265 e. The molecule has 34 heavy (non-hydrogen) atoms. The fourth-order valence-corrected chi connectivity index (χ4v) is 5.26. The van der Waals surface area contributed by atoms with E-state index in [1.54, 1.807) is 41.7 Å². The summed E-state index contributed by atoms with van der Waals surface area (Å²) in [6.45, 7) is 2.07. The van der Waals surface area contributed by atoms with Gasteiger partial charge in [-0.15, -0.1) is 22.7 Å². The molecule has 0 radical (unpaired) electrons. The van der Waals surface area contributed by atoms with Crippen LogP contribution in [-0.4, -0.2) is 16.8 Å². The van der Waals surface area contributed by atoms with Gasteiger partial charge in [-0.2, -0.15) is 0 Å². The van der Waals surface area contributed by atoms with Gasteiger partial charge < -0.3 is 10.6 Å². The number of thiophene rings is 1. The van der Waals surface area contributed by atoms with Crippen molar-refractivity contribution >= 4 is 67.7 Å². The first kappa shape index (κ1) is 22.3. The highest BCUT2D eigenvalue weighted by molar-refractivity contribution is 7.21. The van der Waals surface area contributed by atoms with Gasteiger partial charge in [0.2, 0.25) is 0 Å². The summed E-state index contributed by atoms with van der Waals surface area (Å²) < 4.78 is 1.15. The van der Waals surface area contributed by atoms with Gasteiger partial charge in [-0.25, -0.2) is 4.98 Å². The first-order valence-corrected chi connectivity index (χ1v) is 12.5. The van der Waals surface area contributed by atoms with Gasteiger partial charge in [-0.05, 0) is 78.5 Å². The predicted octanol–water partition coefficient (Wildman–Crippen LogP) is 7.49. The predicted molar refractivity (Wildman–Crippen MR) is 141 cm³/mol. The van der Waals surface area contributed by atoms with E-state index in [-0.39, 0.29) is 11.8 Å². The van der Waals surface area contributed by atoms with E-state index in [1.807, 2.05) is 35.7 Å². The molecule has 0 aliphatic carbocycles. The molecule has 5 nitrogen and oxygen atoms in total. The molecular weight excluding hydrogens is 486 g/mol. The number of carbonyl (C=O) groups excluding carboxylic acids is 2. The van der Waals surface area contributed by atoms with Crippen molar-refractivity contribution in [2.45, 2.75) is 6.92 Å². The van der Waals surface area contributed by atoms with Crippen LogP contribution in [0.3, 0.4) is 0 Å². The largest absolute Gasteiger partial charge is 0.322 e. The van der Waals surface area contributed by atoms with E-state index in [2.05, 4.69) is 29.7 Å². The second kappa shape index (κ2) is 9.38. The fourth-order valence-electron chi connectivity index (χ4n) is 3.41. The Morgan fingerprint density at radius 1 is 0.912 bits per heavy atom. The van der Waals surface area contributed by atoms with Crippen LogP contribution in [0.15, 0.2) is 78.2 Å². The number of halogens is 1. The number of amides is 2. The van der Waals surface area contributed by atoms with Gasteiger partial charge in [0.05, 0.1) is 25.8 Å². The number of anilines is 2. The lowest BCUT2D eigenvalue weighted by Crippen LogP contribution is -2.14. The second-order valence-corrected chi connectivity index (χ2v) is 10.0. The number of thiazole rings is 1. The van der Waals surface area contributed by atoms with Gasteiger partial charge in [0, 0.05) is 16.8 Å². The number of carbonyl (C=O) groups is 2. The number of benzene rings is 3. The van der Waals surface area contributed by atoms with E-state index in [4.69, 9.17) is 16.6 Å². The first-order valence-electron chi connectivity index (χ1n) is 10.4. The molecule has 0 spiro atoms. The van der Waals surface area contributed by atoms with Gasteiger partial charge in [0.15, 0.2) is 0 Å². The van der Waals surface area contributed by atoms with Crippen molar-refractivity contribution in [2.24, 2.45) is 0 Å². The van der Waals surface area contributed by atoms with Crippen LogP contribution < -0.4 is 10.6 Å². The molecule has 2 N–H and O–H groups in total. The first-order chi connectivity index (χ1) is 16.5. The molecule has 0 unspecified atom stereocenters. The van der Waals surface area contributed by atoms with Crippen molar-refractivity contribution in [2.75, 3.05) is 10.6 Å². The number of hydrogen-bond donors (Lipinski definition) is 2. The van der Waals surface area contributed by atoms with Gasteiger partial charge >= 0.3 is 0 Å². The molecule has 5 aromatic rings. The fraction of sp³-hybridized carbons (Fsp3) is 0.0385. The molecule has 3 aromatic carbocycles. The SMILES string of the molecule is Cc1ccc2nc(-c3ccc(NC(=O)c4ccc(Cl)c(NC(=O)c5cccs5)c4)cc3)sc2c1. The highest BCUT2D eigenvalue weighted by atomic mass is 35.5. The molecule has 2 aromatic heterocycles. The summed E-state index contributed by atoms with van der Waals surface area (Å²) in [7, 11) is 0. The Morgan fingerprint density at radius 2 is 1.74 bits per heavy atom. The van der Waals surface area contributed by atoms with Crippen molar-refractivity contribution < 1.29 is 9.59 Å². The van der Waals surface area contributed by atoms with Crippen molar-refractivity contribution in [1.82, 2.24) is 4.98 Å². The molecule has 0 bridgehead atoms. The molecule has 0 saturated heterocycles. The molecule has 0 aliphatic rings. The summed E-state index contributed by atoms with van der Waals surface area (Å²) in [4.78, 5) is 30.5. The molecule has 5 rings (SSSR count). The molecule has 8 heteroatoms. The number of fused-ring (bicyclic) bond motifs is 1. The van der Waals surface area contributed by atoms with Crippen LogP contribution in [-0.2, 0) is 0 Å². The number of aryl methyl sites for hydroxylation is 1. The minimum atomic E-state index is -0.300. The molecule has 0 aliphatic heterocycles. The van der Waals surface area contributed by atoms with E-state index in [0.29, 0.717) is 26.8 Å². The third-order valence-electron chi connectivity index (χ3n) is 5.16. The van der Waals surface area contributed by atoms with Crippen molar-refractivity contribution in [3.05, 3.63) is 99.2 Å². The maximum atomic E-state index is 12.8. The van der Waals surface area contributed by atoms with Crippen molar-refractivity contribution in [3.63, 3.8) is 0 Å². The normalized spacial score (nSPS) is 10.9. The zero-order chi connectivity index (χ0) is 23.7. The van der Waals surface area contributed by atoms with Crippen LogP contribution in [0.5, 0.6) is 0 Å². The number of nitrogens with one attached hydrogen (secondary N) is 2. The average Bonchev–Trinajstić information content (AvgIpc) is 3.51. The summed E-state index contributed by atoms with van der Waals surface area (Å²) in [6, 6.07) is 22.1. The van der Waals surface area contributed by atoms with Gasteiger partial charge in [0.1, 0.15) is 5.01 Å². The van der Waals surface area contributed by atoms with E-state index < -0.39 is 0 Å². The molecule has 0 atom stereocenters. The Balaban J connectivity index is 1.30. The number of rotatable bonds is 5. The van der Waals surface area contributed by atoms with Crippen LogP contribution in [0.2, 0.25) is 5.02 Å². The van der Waals surface area contributed by atoms with Gasteiger partial charge in [-0.3, -0.25) is 9.59 Å². The van der Waals surface area contributed by atoms with Crippen LogP contribution in [0.1, 0.15) is 25.6 Å². The van der Waals surface area contributed by atoms with Crippen molar-refractivity contribution in [3.8, 4) is 10.6 Å². The van der Waals surface area contributed by atoms with E-state index in [0.717, 1.165) is 20.8 Å². The monoisotopic (exact) mass is 503 g/mol. The van der Waals surface area contributed by atoms with Crippen LogP contribution in [0.25, 0.3) is 20.8 Å². The highest BCUT2D eigenvalue weighted by Gasteiger charge is 2.14. The van der Waals surface area contributed by atoms with Crippen LogP contribution in [0.4, 0.5) is 11.4 Å². The quantitative estimate of drug-likeness (QED) is 0.261. The molecule has 0 saturated carbocycles. The average molecular weight is 504 g/mol. The zero-order valence-corrected chi connectivity index (χ0v) is 20.4. The summed E-state index contributed by atoms with van der Waals surface area (Å²) in [5.74, 6) is -0.568. The summed E-state index contributed by atoms with van der Waals surface area (Å²) >= 11 is 9.21. The highest BCUT2D eigenvalue weighted by Crippen LogP contribution is 2.31. The molecule has 168 valence electrons. The van der Waals surface area contributed by atoms with Gasteiger partial charge in [-0.1, -0.05) is 23.7 Å². The minimum absolute atomic E-state index is 0.268. The van der Waals surface area contributed by atoms with Crippen LogP contribution >= 0.6 is 34.3 Å². The standard InChI is InChI=1S/C26H18ClN3O2S2/c1-15-4-11-20-23(13-15)34-26(30-20)16-5-8-18(9-6-16)28-24(31)17-7-10-19(27)21(14-17)29-25(32)22-3-2-12-33-22/h2-14H,1H3,(H,28,31)(H,29,32). The third kappa shape index (κ3) is 4.72. The lowest BCUT2D eigenvalue weighted by molar-refractivity contribution is 0.101. The lowest BCUT2D eigenvalue weighted by atomic mass is 10.1. The topological polar surface area (TPSA) is 71.1 Å². The third-order valence-corrected chi connectivity index (χ3v) is 7.42. The molecule has 0 fully saturated rings.